The van der Waals surface area contributed by atoms with Gasteiger partial charge in [-0.3, -0.25) is 9.78 Å². The van der Waals surface area contributed by atoms with E-state index in [-0.39, 0.29) is 5.91 Å². The summed E-state index contributed by atoms with van der Waals surface area (Å²) in [5, 5.41) is 3.00. The topological polar surface area (TPSA) is 60.5 Å². The number of aryl methyl sites for hydroxylation is 1. The Morgan fingerprint density at radius 2 is 2.29 bits per heavy atom. The molecule has 1 aliphatic rings. The van der Waals surface area contributed by atoms with Crippen molar-refractivity contribution in [2.45, 2.75) is 19.3 Å². The summed E-state index contributed by atoms with van der Waals surface area (Å²) in [6, 6.07) is 11.6. The molecule has 1 N–H and O–H groups in total. The fourth-order valence-corrected chi connectivity index (χ4v) is 2.81. The fraction of sp³-hybridized carbons (Fsp3) is 0.368. The van der Waals surface area contributed by atoms with Crippen LogP contribution in [0.1, 0.15) is 17.7 Å². The Morgan fingerprint density at radius 1 is 1.38 bits per heavy atom. The molecule has 1 aliphatic heterocycles. The summed E-state index contributed by atoms with van der Waals surface area (Å²) in [6.45, 7) is 1.24. The molecule has 2 aromatic rings. The largest absolute Gasteiger partial charge is 0.497 e. The molecule has 0 radical (unpaired) electrons. The number of pyridine rings is 1. The molecule has 24 heavy (non-hydrogen) atoms. The fourth-order valence-electron chi connectivity index (χ4n) is 2.81. The molecular formula is C19H22N2O3. The minimum atomic E-state index is 0.0566. The third-order valence-electron chi connectivity index (χ3n) is 4.18. The van der Waals surface area contributed by atoms with Crippen molar-refractivity contribution in [3.05, 3.63) is 53.9 Å². The van der Waals surface area contributed by atoms with Crippen LogP contribution in [0.3, 0.4) is 0 Å². The summed E-state index contributed by atoms with van der Waals surface area (Å²) < 4.78 is 11.0. The first-order chi connectivity index (χ1) is 11.7. The Kier molecular flexibility index (Phi) is 5.31. The van der Waals surface area contributed by atoms with Crippen molar-refractivity contribution < 1.29 is 14.3 Å². The number of carbonyl (C=O) groups is 1. The molecule has 0 bridgehead atoms. The maximum atomic E-state index is 12.0. The van der Waals surface area contributed by atoms with E-state index >= 15 is 0 Å². The van der Waals surface area contributed by atoms with E-state index in [2.05, 4.69) is 10.3 Å². The van der Waals surface area contributed by atoms with Crippen molar-refractivity contribution in [2.24, 2.45) is 5.92 Å². The van der Waals surface area contributed by atoms with Gasteiger partial charge in [0.2, 0.25) is 5.91 Å². The molecule has 5 nitrogen and oxygen atoms in total. The van der Waals surface area contributed by atoms with Gasteiger partial charge in [0, 0.05) is 36.8 Å². The van der Waals surface area contributed by atoms with Gasteiger partial charge < -0.3 is 14.8 Å². The van der Waals surface area contributed by atoms with Crippen LogP contribution in [0.15, 0.2) is 42.6 Å². The van der Waals surface area contributed by atoms with Crippen LogP contribution < -0.4 is 14.8 Å². The maximum Gasteiger partial charge on any atom is 0.220 e. The van der Waals surface area contributed by atoms with E-state index in [1.54, 1.807) is 13.3 Å². The Morgan fingerprint density at radius 3 is 3.08 bits per heavy atom. The van der Waals surface area contributed by atoms with Gasteiger partial charge in [0.15, 0.2) is 0 Å². The van der Waals surface area contributed by atoms with Gasteiger partial charge in [0.25, 0.3) is 0 Å². The highest BCUT2D eigenvalue weighted by Gasteiger charge is 2.20. The van der Waals surface area contributed by atoms with Crippen molar-refractivity contribution in [2.75, 3.05) is 20.3 Å². The van der Waals surface area contributed by atoms with Crippen molar-refractivity contribution >= 4 is 5.91 Å². The van der Waals surface area contributed by atoms with Crippen LogP contribution in [0, 0.1) is 5.92 Å². The first-order valence-electron chi connectivity index (χ1n) is 8.21. The average molecular weight is 326 g/mol. The summed E-state index contributed by atoms with van der Waals surface area (Å²) in [6.07, 6.45) is 3.77. The number of hydrogen-bond acceptors (Lipinski definition) is 4. The monoisotopic (exact) mass is 326 g/mol. The third kappa shape index (κ3) is 4.25. The standard InChI is InChI=1S/C19H22N2O3/c1-23-17-7-5-15-10-14(13-24-18(15)11-17)12-21-19(22)8-6-16-4-2-3-9-20-16/h2-5,7,9,11,14H,6,8,10,12-13H2,1H3,(H,21,22)/t14-/m0/s1. The number of nitrogens with zero attached hydrogens (tertiary/aromatic N) is 1. The number of rotatable bonds is 6. The van der Waals surface area contributed by atoms with Crippen LogP contribution in [0.2, 0.25) is 0 Å². The average Bonchev–Trinajstić information content (AvgIpc) is 2.65. The first-order valence-corrected chi connectivity index (χ1v) is 8.21. The minimum Gasteiger partial charge on any atom is -0.497 e. The number of hydrogen-bond donors (Lipinski definition) is 1. The van der Waals surface area contributed by atoms with Gasteiger partial charge in [-0.2, -0.15) is 0 Å². The van der Waals surface area contributed by atoms with Crippen LogP contribution in [0.25, 0.3) is 0 Å². The molecule has 3 rings (SSSR count). The SMILES string of the molecule is COc1ccc2c(c1)OC[C@H](CNC(=O)CCc1ccccn1)C2. The van der Waals surface area contributed by atoms with Crippen LogP contribution >= 0.6 is 0 Å². The second-order valence-corrected chi connectivity index (χ2v) is 5.98. The molecule has 0 unspecified atom stereocenters. The molecule has 1 aromatic carbocycles. The number of benzene rings is 1. The van der Waals surface area contributed by atoms with Crippen LogP contribution in [0.4, 0.5) is 0 Å². The van der Waals surface area contributed by atoms with Gasteiger partial charge in [0.1, 0.15) is 11.5 Å². The van der Waals surface area contributed by atoms with Gasteiger partial charge in [-0.05, 0) is 36.6 Å². The summed E-state index contributed by atoms with van der Waals surface area (Å²) in [5.74, 6) is 2.04. The van der Waals surface area contributed by atoms with E-state index in [1.165, 1.54) is 0 Å². The zero-order chi connectivity index (χ0) is 16.8. The zero-order valence-electron chi connectivity index (χ0n) is 13.8. The van der Waals surface area contributed by atoms with Crippen LogP contribution in [-0.4, -0.2) is 31.2 Å². The molecule has 0 saturated carbocycles. The molecule has 0 fully saturated rings. The molecule has 1 amide bonds. The molecule has 1 aromatic heterocycles. The van der Waals surface area contributed by atoms with Crippen molar-refractivity contribution in [3.8, 4) is 11.5 Å². The molecule has 0 aliphatic carbocycles. The molecular weight excluding hydrogens is 304 g/mol. The summed E-state index contributed by atoms with van der Waals surface area (Å²) in [7, 11) is 1.65. The number of fused-ring (bicyclic) bond motifs is 1. The number of methoxy groups -OCH3 is 1. The summed E-state index contributed by atoms with van der Waals surface area (Å²) >= 11 is 0. The Bertz CT molecular complexity index is 688. The van der Waals surface area contributed by atoms with Gasteiger partial charge in [-0.25, -0.2) is 0 Å². The Balaban J connectivity index is 1.44. The molecule has 5 heteroatoms. The first kappa shape index (κ1) is 16.3. The van der Waals surface area contributed by atoms with Gasteiger partial charge in [0.05, 0.1) is 13.7 Å². The number of nitrogens with one attached hydrogen (secondary N) is 1. The molecule has 126 valence electrons. The van der Waals surface area contributed by atoms with Gasteiger partial charge in [-0.1, -0.05) is 12.1 Å². The lowest BCUT2D eigenvalue weighted by Gasteiger charge is -2.25. The number of aromatic nitrogens is 1. The van der Waals surface area contributed by atoms with Crippen LogP contribution in [0.5, 0.6) is 11.5 Å². The zero-order valence-corrected chi connectivity index (χ0v) is 13.8. The minimum absolute atomic E-state index is 0.0566. The second kappa shape index (κ2) is 7.81. The van der Waals surface area contributed by atoms with E-state index in [1.807, 2.05) is 36.4 Å². The molecule has 0 spiro atoms. The van der Waals surface area contributed by atoms with E-state index < -0.39 is 0 Å². The number of amides is 1. The van der Waals surface area contributed by atoms with Crippen molar-refractivity contribution in [1.29, 1.82) is 0 Å². The van der Waals surface area contributed by atoms with E-state index in [9.17, 15) is 4.79 Å². The highest BCUT2D eigenvalue weighted by Crippen LogP contribution is 2.30. The predicted molar refractivity (Wildman–Crippen MR) is 91.3 cm³/mol. The smallest absolute Gasteiger partial charge is 0.220 e. The second-order valence-electron chi connectivity index (χ2n) is 5.98. The lowest BCUT2D eigenvalue weighted by Crippen LogP contribution is -2.34. The van der Waals surface area contributed by atoms with Gasteiger partial charge >= 0.3 is 0 Å². The maximum absolute atomic E-state index is 12.0. The lowest BCUT2D eigenvalue weighted by molar-refractivity contribution is -0.121. The molecule has 0 saturated heterocycles. The highest BCUT2D eigenvalue weighted by molar-refractivity contribution is 5.76. The number of carbonyl (C=O) groups excluding carboxylic acids is 1. The number of ether oxygens (including phenoxy) is 2. The van der Waals surface area contributed by atoms with E-state index in [4.69, 9.17) is 9.47 Å². The molecule has 1 atom stereocenters. The Labute approximate surface area is 142 Å². The van der Waals surface area contributed by atoms with Gasteiger partial charge in [-0.15, -0.1) is 0 Å². The summed E-state index contributed by atoms with van der Waals surface area (Å²) in [5.41, 5.74) is 2.10. The quantitative estimate of drug-likeness (QED) is 0.885. The summed E-state index contributed by atoms with van der Waals surface area (Å²) in [4.78, 5) is 16.2. The lowest BCUT2D eigenvalue weighted by atomic mass is 9.96. The van der Waals surface area contributed by atoms with Crippen molar-refractivity contribution in [1.82, 2.24) is 10.3 Å². The third-order valence-corrected chi connectivity index (χ3v) is 4.18. The van der Waals surface area contributed by atoms with E-state index in [0.717, 1.165) is 29.2 Å². The highest BCUT2D eigenvalue weighted by atomic mass is 16.5. The van der Waals surface area contributed by atoms with Crippen LogP contribution in [-0.2, 0) is 17.6 Å². The molecule has 2 heterocycles. The van der Waals surface area contributed by atoms with Crippen molar-refractivity contribution in [3.63, 3.8) is 0 Å². The van der Waals surface area contributed by atoms with E-state index in [0.29, 0.717) is 31.9 Å². The Hall–Kier alpha value is -2.56. The predicted octanol–water partition coefficient (Wildman–Crippen LogP) is 2.39. The normalized spacial score (nSPS) is 16.0.